The fraction of sp³-hybridized carbons (Fsp3) is 0.286. The van der Waals surface area contributed by atoms with Crippen LogP contribution in [-0.4, -0.2) is 17.6 Å². The van der Waals surface area contributed by atoms with Gasteiger partial charge in [-0.15, -0.1) is 11.3 Å². The molecule has 0 saturated carbocycles. The Bertz CT molecular complexity index is 548. The van der Waals surface area contributed by atoms with Gasteiger partial charge < -0.3 is 4.74 Å². The molecule has 94 valence electrons. The fourth-order valence-corrected chi connectivity index (χ4v) is 2.58. The summed E-state index contributed by atoms with van der Waals surface area (Å²) in [5.41, 5.74) is 2.73. The van der Waals surface area contributed by atoms with E-state index in [0.717, 1.165) is 17.0 Å². The van der Waals surface area contributed by atoms with Crippen molar-refractivity contribution in [3.05, 3.63) is 40.9 Å². The van der Waals surface area contributed by atoms with Gasteiger partial charge in [0.1, 0.15) is 5.01 Å². The predicted molar refractivity (Wildman–Crippen MR) is 72.9 cm³/mol. The average Bonchev–Trinajstić information content (AvgIpc) is 2.88. The Kier molecular flexibility index (Phi) is 4.10. The van der Waals surface area contributed by atoms with Gasteiger partial charge in [0.2, 0.25) is 0 Å². The quantitative estimate of drug-likeness (QED) is 0.790. The van der Waals surface area contributed by atoms with Crippen LogP contribution in [0.3, 0.4) is 0 Å². The minimum atomic E-state index is -0.353. The molecule has 2 aromatic rings. The number of hydrogen-bond acceptors (Lipinski definition) is 4. The lowest BCUT2D eigenvalue weighted by Gasteiger charge is -2.03. The maximum atomic E-state index is 11.6. The van der Waals surface area contributed by atoms with E-state index < -0.39 is 0 Å². The highest BCUT2D eigenvalue weighted by Gasteiger charge is 2.13. The standard InChI is InChI=1S/C14H15NO2S/c1-3-10-7-5-6-8-11(10)13-15-12(9-18-13)14(16)17-4-2/h5-9H,3-4H2,1-2H3. The third-order valence-corrected chi connectivity index (χ3v) is 3.49. The molecule has 0 aliphatic rings. The summed E-state index contributed by atoms with van der Waals surface area (Å²) in [6, 6.07) is 8.12. The van der Waals surface area contributed by atoms with Crippen molar-refractivity contribution in [2.75, 3.05) is 6.61 Å². The van der Waals surface area contributed by atoms with E-state index in [1.165, 1.54) is 16.9 Å². The average molecular weight is 261 g/mol. The minimum absolute atomic E-state index is 0.353. The van der Waals surface area contributed by atoms with Crippen LogP contribution in [0.25, 0.3) is 10.6 Å². The molecular formula is C14H15NO2S. The second-order valence-electron chi connectivity index (χ2n) is 3.77. The number of aromatic nitrogens is 1. The van der Waals surface area contributed by atoms with Crippen LogP contribution in [-0.2, 0) is 11.2 Å². The summed E-state index contributed by atoms with van der Waals surface area (Å²) >= 11 is 1.47. The van der Waals surface area contributed by atoms with Crippen LogP contribution in [0.1, 0.15) is 29.9 Å². The van der Waals surface area contributed by atoms with Gasteiger partial charge in [0.05, 0.1) is 6.61 Å². The minimum Gasteiger partial charge on any atom is -0.461 e. The van der Waals surface area contributed by atoms with Gasteiger partial charge in [-0.05, 0) is 18.9 Å². The first-order chi connectivity index (χ1) is 8.76. The van der Waals surface area contributed by atoms with Gasteiger partial charge in [-0.25, -0.2) is 9.78 Å². The van der Waals surface area contributed by atoms with Crippen molar-refractivity contribution >= 4 is 17.3 Å². The summed E-state index contributed by atoms with van der Waals surface area (Å²) in [6.07, 6.45) is 0.949. The second-order valence-corrected chi connectivity index (χ2v) is 4.63. The SMILES string of the molecule is CCOC(=O)c1csc(-c2ccccc2CC)n1. The Morgan fingerprint density at radius 3 is 2.83 bits per heavy atom. The summed E-state index contributed by atoms with van der Waals surface area (Å²) in [5.74, 6) is -0.353. The Morgan fingerprint density at radius 2 is 2.11 bits per heavy atom. The number of ether oxygens (including phenoxy) is 1. The van der Waals surface area contributed by atoms with Crippen molar-refractivity contribution in [2.24, 2.45) is 0 Å². The second kappa shape index (κ2) is 5.78. The number of benzene rings is 1. The van der Waals surface area contributed by atoms with Gasteiger partial charge in [0.15, 0.2) is 5.69 Å². The molecule has 0 atom stereocenters. The number of nitrogens with zero attached hydrogens (tertiary/aromatic N) is 1. The van der Waals surface area contributed by atoms with E-state index in [9.17, 15) is 4.79 Å². The molecule has 0 amide bonds. The lowest BCUT2D eigenvalue weighted by molar-refractivity contribution is 0.0520. The van der Waals surface area contributed by atoms with Crippen molar-refractivity contribution in [3.8, 4) is 10.6 Å². The first-order valence-corrected chi connectivity index (χ1v) is 6.85. The molecule has 0 fully saturated rings. The zero-order valence-electron chi connectivity index (χ0n) is 10.5. The molecule has 1 aromatic heterocycles. The van der Waals surface area contributed by atoms with Gasteiger partial charge in [-0.3, -0.25) is 0 Å². The van der Waals surface area contributed by atoms with Crippen LogP contribution >= 0.6 is 11.3 Å². The van der Waals surface area contributed by atoms with Crippen LogP contribution in [0.15, 0.2) is 29.6 Å². The lowest BCUT2D eigenvalue weighted by atomic mass is 10.1. The highest BCUT2D eigenvalue weighted by atomic mass is 32.1. The van der Waals surface area contributed by atoms with E-state index in [0.29, 0.717) is 12.3 Å². The molecule has 0 radical (unpaired) electrons. The molecule has 0 spiro atoms. The number of aryl methyl sites for hydroxylation is 1. The molecule has 1 heterocycles. The summed E-state index contributed by atoms with van der Waals surface area (Å²) in [7, 11) is 0. The maximum Gasteiger partial charge on any atom is 0.357 e. The molecule has 0 aliphatic heterocycles. The fourth-order valence-electron chi connectivity index (χ4n) is 1.73. The third-order valence-electron chi connectivity index (χ3n) is 2.62. The predicted octanol–water partition coefficient (Wildman–Crippen LogP) is 3.55. The van der Waals surface area contributed by atoms with Crippen LogP contribution in [0.5, 0.6) is 0 Å². The van der Waals surface area contributed by atoms with Crippen molar-refractivity contribution in [3.63, 3.8) is 0 Å². The molecule has 0 N–H and O–H groups in total. The van der Waals surface area contributed by atoms with Gasteiger partial charge in [-0.2, -0.15) is 0 Å². The molecule has 1 aromatic carbocycles. The first-order valence-electron chi connectivity index (χ1n) is 5.97. The Labute approximate surface area is 110 Å². The summed E-state index contributed by atoms with van der Waals surface area (Å²) < 4.78 is 4.94. The van der Waals surface area contributed by atoms with Crippen LogP contribution < -0.4 is 0 Å². The highest BCUT2D eigenvalue weighted by Crippen LogP contribution is 2.27. The molecule has 4 heteroatoms. The number of carbonyl (C=O) groups excluding carboxylic acids is 1. The van der Waals surface area contributed by atoms with E-state index in [4.69, 9.17) is 4.74 Å². The zero-order valence-corrected chi connectivity index (χ0v) is 11.3. The Morgan fingerprint density at radius 1 is 1.33 bits per heavy atom. The van der Waals surface area contributed by atoms with E-state index in [-0.39, 0.29) is 5.97 Å². The van der Waals surface area contributed by atoms with Crippen LogP contribution in [0.4, 0.5) is 0 Å². The number of esters is 1. The molecular weight excluding hydrogens is 246 g/mol. The van der Waals surface area contributed by atoms with Gasteiger partial charge in [-0.1, -0.05) is 31.2 Å². The van der Waals surface area contributed by atoms with Gasteiger partial charge in [0, 0.05) is 10.9 Å². The summed E-state index contributed by atoms with van der Waals surface area (Å²) in [4.78, 5) is 15.9. The van der Waals surface area contributed by atoms with Gasteiger partial charge in [0.25, 0.3) is 0 Å². The van der Waals surface area contributed by atoms with E-state index >= 15 is 0 Å². The number of rotatable bonds is 4. The third kappa shape index (κ3) is 2.59. The van der Waals surface area contributed by atoms with Crippen molar-refractivity contribution in [1.29, 1.82) is 0 Å². The normalized spacial score (nSPS) is 10.3. The molecule has 0 unspecified atom stereocenters. The topological polar surface area (TPSA) is 39.2 Å². The number of thiazole rings is 1. The highest BCUT2D eigenvalue weighted by molar-refractivity contribution is 7.13. The zero-order chi connectivity index (χ0) is 13.0. The number of carbonyl (C=O) groups is 1. The largest absolute Gasteiger partial charge is 0.461 e. The molecule has 2 rings (SSSR count). The smallest absolute Gasteiger partial charge is 0.357 e. The maximum absolute atomic E-state index is 11.6. The number of hydrogen-bond donors (Lipinski definition) is 0. The van der Waals surface area contributed by atoms with Crippen molar-refractivity contribution < 1.29 is 9.53 Å². The molecule has 0 aliphatic carbocycles. The molecule has 0 bridgehead atoms. The van der Waals surface area contributed by atoms with Crippen LogP contribution in [0.2, 0.25) is 0 Å². The monoisotopic (exact) mass is 261 g/mol. The van der Waals surface area contributed by atoms with Gasteiger partial charge >= 0.3 is 5.97 Å². The molecule has 18 heavy (non-hydrogen) atoms. The Hall–Kier alpha value is -1.68. The van der Waals surface area contributed by atoms with E-state index in [2.05, 4.69) is 18.0 Å². The van der Waals surface area contributed by atoms with Crippen molar-refractivity contribution in [1.82, 2.24) is 4.98 Å². The van der Waals surface area contributed by atoms with Crippen LogP contribution in [0, 0.1) is 0 Å². The molecule has 0 saturated heterocycles. The summed E-state index contributed by atoms with van der Waals surface area (Å²) in [5, 5.41) is 2.62. The lowest BCUT2D eigenvalue weighted by Crippen LogP contribution is -2.04. The first kappa shape index (κ1) is 12.8. The summed E-state index contributed by atoms with van der Waals surface area (Å²) in [6.45, 7) is 4.27. The van der Waals surface area contributed by atoms with Crippen molar-refractivity contribution in [2.45, 2.75) is 20.3 Å². The molecule has 3 nitrogen and oxygen atoms in total. The Balaban J connectivity index is 2.32. The van der Waals surface area contributed by atoms with E-state index in [1.807, 2.05) is 18.2 Å². The van der Waals surface area contributed by atoms with E-state index in [1.54, 1.807) is 12.3 Å².